The Morgan fingerprint density at radius 3 is 2.60 bits per heavy atom. The van der Waals surface area contributed by atoms with E-state index in [1.54, 1.807) is 10.9 Å². The summed E-state index contributed by atoms with van der Waals surface area (Å²) in [6.45, 7) is 8.35. The lowest BCUT2D eigenvalue weighted by Gasteiger charge is -2.12. The Morgan fingerprint density at radius 1 is 1.20 bits per heavy atom. The molecule has 1 amide bonds. The molecule has 3 heterocycles. The van der Waals surface area contributed by atoms with Crippen molar-refractivity contribution in [1.29, 1.82) is 0 Å². The van der Waals surface area contributed by atoms with Crippen LogP contribution in [0.2, 0.25) is 0 Å². The van der Waals surface area contributed by atoms with Gasteiger partial charge in [0.25, 0.3) is 5.91 Å². The standard InChI is InChI=1S/C21H25N11O2S/c1-12(2)9-14-5-7-15(8-6-14)13(3)24-26-20(33)17-16(10-35-21-27-23-11-31(21)4)32(30-25-17)19-18(22)28-34-29-19/h5-8,11-12,24H,3,9-10H2,1-2,4H3,(H2,22,28)(H,26,33). The smallest absolute Gasteiger partial charge is 0.292 e. The van der Waals surface area contributed by atoms with Crippen molar-refractivity contribution in [3.63, 3.8) is 0 Å². The molecule has 14 heteroatoms. The van der Waals surface area contributed by atoms with Crippen LogP contribution >= 0.6 is 11.8 Å². The molecule has 4 N–H and O–H groups in total. The maximum atomic E-state index is 13.0. The average molecular weight is 496 g/mol. The maximum absolute atomic E-state index is 13.0. The molecule has 1 aromatic carbocycles. The number of amides is 1. The summed E-state index contributed by atoms with van der Waals surface area (Å²) >= 11 is 1.34. The summed E-state index contributed by atoms with van der Waals surface area (Å²) in [5.41, 5.74) is 14.4. The number of rotatable bonds is 10. The molecule has 4 aromatic rings. The lowest BCUT2D eigenvalue weighted by atomic mass is 10.0. The number of aryl methyl sites for hydroxylation is 1. The van der Waals surface area contributed by atoms with Crippen LogP contribution in [0, 0.1) is 5.92 Å². The Hall–Kier alpha value is -4.20. The lowest BCUT2D eigenvalue weighted by molar-refractivity contribution is 0.0936. The molecule has 0 fully saturated rings. The van der Waals surface area contributed by atoms with Crippen molar-refractivity contribution >= 4 is 29.2 Å². The first-order valence-corrected chi connectivity index (χ1v) is 11.7. The highest BCUT2D eigenvalue weighted by Gasteiger charge is 2.24. The van der Waals surface area contributed by atoms with E-state index in [4.69, 9.17) is 5.73 Å². The highest BCUT2D eigenvalue weighted by atomic mass is 32.2. The SMILES string of the molecule is C=C(NNC(=O)c1nnn(-c2nonc2N)c1CSc1nncn1C)c1ccc(CC(C)C)cc1. The van der Waals surface area contributed by atoms with E-state index in [2.05, 4.69) is 66.7 Å². The fourth-order valence-electron chi connectivity index (χ4n) is 3.23. The molecule has 0 spiro atoms. The number of thioether (sulfide) groups is 1. The van der Waals surface area contributed by atoms with E-state index >= 15 is 0 Å². The van der Waals surface area contributed by atoms with Crippen LogP contribution in [0.15, 0.2) is 47.0 Å². The van der Waals surface area contributed by atoms with Crippen molar-refractivity contribution < 1.29 is 9.42 Å². The third-order valence-electron chi connectivity index (χ3n) is 4.96. The highest BCUT2D eigenvalue weighted by Crippen LogP contribution is 2.24. The zero-order valence-corrected chi connectivity index (χ0v) is 20.3. The highest BCUT2D eigenvalue weighted by molar-refractivity contribution is 7.98. The van der Waals surface area contributed by atoms with Gasteiger partial charge in [0.2, 0.25) is 11.6 Å². The van der Waals surface area contributed by atoms with E-state index in [-0.39, 0.29) is 23.1 Å². The largest absolute Gasteiger partial charge is 0.378 e. The minimum absolute atomic E-state index is 0.0131. The number of benzene rings is 1. The molecule has 13 nitrogen and oxygen atoms in total. The third-order valence-corrected chi connectivity index (χ3v) is 6.00. The van der Waals surface area contributed by atoms with Crippen molar-refractivity contribution in [3.05, 3.63) is 59.7 Å². The van der Waals surface area contributed by atoms with Crippen LogP contribution in [0.1, 0.15) is 41.2 Å². The Kier molecular flexibility index (Phi) is 7.10. The van der Waals surface area contributed by atoms with E-state index in [0.29, 0.717) is 22.5 Å². The van der Waals surface area contributed by atoms with Gasteiger partial charge in [-0.1, -0.05) is 61.7 Å². The van der Waals surface area contributed by atoms with Crippen molar-refractivity contribution in [2.75, 3.05) is 5.73 Å². The summed E-state index contributed by atoms with van der Waals surface area (Å²) in [5, 5.41) is 24.0. The number of hydrazine groups is 1. The van der Waals surface area contributed by atoms with Crippen LogP contribution in [0.3, 0.4) is 0 Å². The number of anilines is 1. The monoisotopic (exact) mass is 495 g/mol. The molecule has 0 saturated carbocycles. The Balaban J connectivity index is 1.49. The lowest BCUT2D eigenvalue weighted by Crippen LogP contribution is -2.36. The molecule has 0 aliphatic heterocycles. The predicted molar refractivity (Wildman–Crippen MR) is 129 cm³/mol. The first-order chi connectivity index (χ1) is 16.8. The zero-order chi connectivity index (χ0) is 24.9. The predicted octanol–water partition coefficient (Wildman–Crippen LogP) is 1.76. The number of nitrogen functional groups attached to an aromatic ring is 1. The number of carbonyl (C=O) groups excluding carboxylic acids is 1. The molecule has 0 radical (unpaired) electrons. The van der Waals surface area contributed by atoms with Gasteiger partial charge < -0.3 is 10.3 Å². The Bertz CT molecular complexity index is 1320. The summed E-state index contributed by atoms with van der Waals surface area (Å²) in [6, 6.07) is 8.01. The number of carbonyl (C=O) groups is 1. The summed E-state index contributed by atoms with van der Waals surface area (Å²) in [7, 11) is 1.82. The van der Waals surface area contributed by atoms with E-state index in [9.17, 15) is 4.79 Å². The van der Waals surface area contributed by atoms with Gasteiger partial charge in [-0.25, -0.2) is 4.63 Å². The van der Waals surface area contributed by atoms with Gasteiger partial charge in [0.1, 0.15) is 6.33 Å². The molecule has 0 aliphatic carbocycles. The van der Waals surface area contributed by atoms with Crippen LogP contribution < -0.4 is 16.6 Å². The quantitative estimate of drug-likeness (QED) is 0.216. The van der Waals surface area contributed by atoms with Gasteiger partial charge in [0, 0.05) is 12.8 Å². The van der Waals surface area contributed by atoms with Crippen LogP contribution in [-0.2, 0) is 19.2 Å². The van der Waals surface area contributed by atoms with Gasteiger partial charge in [-0.2, -0.15) is 4.68 Å². The Labute approximate surface area is 205 Å². The van der Waals surface area contributed by atoms with Crippen molar-refractivity contribution in [1.82, 2.24) is 50.9 Å². The van der Waals surface area contributed by atoms with Crippen LogP contribution in [0.4, 0.5) is 5.82 Å². The number of nitrogens with zero attached hydrogens (tertiary/aromatic N) is 8. The first-order valence-electron chi connectivity index (χ1n) is 10.7. The minimum Gasteiger partial charge on any atom is -0.378 e. The number of hydrogen-bond donors (Lipinski definition) is 3. The van der Waals surface area contributed by atoms with E-state index in [0.717, 1.165) is 12.0 Å². The average Bonchev–Trinajstić information content (AvgIpc) is 3.55. The molecular formula is C21H25N11O2S. The molecule has 0 bridgehead atoms. The van der Waals surface area contributed by atoms with Gasteiger partial charge in [-0.15, -0.1) is 15.3 Å². The Morgan fingerprint density at radius 2 is 1.97 bits per heavy atom. The van der Waals surface area contributed by atoms with E-state index < -0.39 is 5.91 Å². The molecule has 0 saturated heterocycles. The van der Waals surface area contributed by atoms with Gasteiger partial charge in [0.05, 0.1) is 11.4 Å². The molecular weight excluding hydrogens is 470 g/mol. The van der Waals surface area contributed by atoms with Gasteiger partial charge >= 0.3 is 0 Å². The number of nitrogens with two attached hydrogens (primary N) is 1. The number of aromatic nitrogens is 8. The molecule has 0 atom stereocenters. The first kappa shape index (κ1) is 23.9. The normalized spacial score (nSPS) is 11.1. The van der Waals surface area contributed by atoms with Gasteiger partial charge in [-0.05, 0) is 33.8 Å². The number of hydrogen-bond acceptors (Lipinski definition) is 11. The molecule has 3 aromatic heterocycles. The topological polar surface area (TPSA) is 167 Å². The van der Waals surface area contributed by atoms with Gasteiger partial charge in [0.15, 0.2) is 10.9 Å². The fourth-order valence-corrected chi connectivity index (χ4v) is 4.11. The minimum atomic E-state index is -0.516. The molecule has 182 valence electrons. The van der Waals surface area contributed by atoms with Crippen LogP contribution in [0.5, 0.6) is 0 Å². The maximum Gasteiger partial charge on any atom is 0.292 e. The number of nitrogens with one attached hydrogen (secondary N) is 2. The van der Waals surface area contributed by atoms with E-state index in [1.165, 1.54) is 22.0 Å². The van der Waals surface area contributed by atoms with E-state index in [1.807, 2.05) is 31.3 Å². The molecule has 35 heavy (non-hydrogen) atoms. The molecule has 4 rings (SSSR count). The summed E-state index contributed by atoms with van der Waals surface area (Å²) in [5.74, 6) is 0.465. The summed E-state index contributed by atoms with van der Waals surface area (Å²) < 4.78 is 7.74. The van der Waals surface area contributed by atoms with Crippen LogP contribution in [0.25, 0.3) is 11.5 Å². The van der Waals surface area contributed by atoms with Crippen molar-refractivity contribution in [3.8, 4) is 5.82 Å². The second-order valence-corrected chi connectivity index (χ2v) is 9.08. The van der Waals surface area contributed by atoms with Gasteiger partial charge in [-0.3, -0.25) is 15.6 Å². The van der Waals surface area contributed by atoms with Crippen molar-refractivity contribution in [2.24, 2.45) is 13.0 Å². The molecule has 0 unspecified atom stereocenters. The summed E-state index contributed by atoms with van der Waals surface area (Å²) in [6.07, 6.45) is 2.57. The molecule has 0 aliphatic rings. The second-order valence-electron chi connectivity index (χ2n) is 8.14. The van der Waals surface area contributed by atoms with Crippen molar-refractivity contribution in [2.45, 2.75) is 31.2 Å². The van der Waals surface area contributed by atoms with Crippen LogP contribution in [-0.4, -0.2) is 46.0 Å². The third kappa shape index (κ3) is 5.48. The zero-order valence-electron chi connectivity index (χ0n) is 19.5. The summed E-state index contributed by atoms with van der Waals surface area (Å²) in [4.78, 5) is 13.0. The fraction of sp³-hybridized carbons (Fsp3) is 0.286. The second kappa shape index (κ2) is 10.4.